The Morgan fingerprint density at radius 1 is 1.17 bits per heavy atom. The summed E-state index contributed by atoms with van der Waals surface area (Å²) < 4.78 is 7.44. The minimum absolute atomic E-state index is 0.467. The van der Waals surface area contributed by atoms with Gasteiger partial charge in [-0.25, -0.2) is 4.98 Å². The molecule has 18 heavy (non-hydrogen) atoms. The van der Waals surface area contributed by atoms with E-state index < -0.39 is 0 Å². The first-order chi connectivity index (χ1) is 8.88. The topological polar surface area (TPSA) is 56.5 Å². The molecule has 0 bridgehead atoms. The number of nitrogens with zero attached hydrogens (tertiary/aromatic N) is 2. The molecule has 3 heterocycles. The molecule has 0 aliphatic heterocycles. The molecule has 3 rings (SSSR count). The van der Waals surface area contributed by atoms with Gasteiger partial charge < -0.3 is 14.6 Å². The van der Waals surface area contributed by atoms with Crippen LogP contribution in [0.15, 0.2) is 47.2 Å². The average Bonchev–Trinajstić information content (AvgIpc) is 3.04. The van der Waals surface area contributed by atoms with Gasteiger partial charge in [0.15, 0.2) is 0 Å². The van der Waals surface area contributed by atoms with Gasteiger partial charge in [-0.2, -0.15) is 0 Å². The zero-order valence-corrected chi connectivity index (χ0v) is 10.0. The van der Waals surface area contributed by atoms with Crippen molar-refractivity contribution in [2.24, 2.45) is 5.73 Å². The zero-order valence-electron chi connectivity index (χ0n) is 10.0. The lowest BCUT2D eigenvalue weighted by molar-refractivity contribution is 0.506. The van der Waals surface area contributed by atoms with Crippen molar-refractivity contribution in [2.75, 3.05) is 0 Å². The Morgan fingerprint density at radius 2 is 2.11 bits per heavy atom. The Morgan fingerprint density at radius 3 is 2.89 bits per heavy atom. The molecule has 0 aliphatic carbocycles. The Bertz CT molecular complexity index is 640. The van der Waals surface area contributed by atoms with Crippen LogP contribution in [-0.2, 0) is 19.4 Å². The van der Waals surface area contributed by atoms with Crippen LogP contribution in [0.3, 0.4) is 0 Å². The van der Waals surface area contributed by atoms with Crippen LogP contribution in [0.5, 0.6) is 0 Å². The van der Waals surface area contributed by atoms with Crippen molar-refractivity contribution >= 4 is 5.52 Å². The maximum atomic E-state index is 5.73. The second kappa shape index (κ2) is 4.66. The van der Waals surface area contributed by atoms with Crippen LogP contribution in [0.2, 0.25) is 0 Å². The van der Waals surface area contributed by atoms with E-state index >= 15 is 0 Å². The van der Waals surface area contributed by atoms with Crippen molar-refractivity contribution in [2.45, 2.75) is 19.4 Å². The van der Waals surface area contributed by atoms with Crippen molar-refractivity contribution in [3.63, 3.8) is 0 Å². The van der Waals surface area contributed by atoms with Crippen LogP contribution in [0.25, 0.3) is 5.52 Å². The fourth-order valence-electron chi connectivity index (χ4n) is 2.19. The van der Waals surface area contributed by atoms with Crippen LogP contribution < -0.4 is 5.73 Å². The molecule has 92 valence electrons. The van der Waals surface area contributed by atoms with E-state index in [0.29, 0.717) is 6.54 Å². The van der Waals surface area contributed by atoms with Crippen molar-refractivity contribution < 1.29 is 4.42 Å². The first-order valence-corrected chi connectivity index (χ1v) is 6.06. The predicted molar refractivity (Wildman–Crippen MR) is 69.2 cm³/mol. The Balaban J connectivity index is 1.91. The summed E-state index contributed by atoms with van der Waals surface area (Å²) in [5, 5.41) is 0. The highest BCUT2D eigenvalue weighted by Crippen LogP contribution is 2.14. The monoisotopic (exact) mass is 241 g/mol. The second-order valence-electron chi connectivity index (χ2n) is 4.21. The van der Waals surface area contributed by atoms with E-state index in [9.17, 15) is 0 Å². The van der Waals surface area contributed by atoms with Crippen LogP contribution in [0.4, 0.5) is 0 Å². The first-order valence-electron chi connectivity index (χ1n) is 6.06. The number of aromatic nitrogens is 2. The van der Waals surface area contributed by atoms with Gasteiger partial charge in [0.25, 0.3) is 0 Å². The third kappa shape index (κ3) is 1.91. The van der Waals surface area contributed by atoms with E-state index in [4.69, 9.17) is 10.2 Å². The zero-order chi connectivity index (χ0) is 12.4. The van der Waals surface area contributed by atoms with E-state index in [1.165, 1.54) is 0 Å². The van der Waals surface area contributed by atoms with Crippen LogP contribution in [0, 0.1) is 0 Å². The molecule has 0 saturated carbocycles. The highest BCUT2D eigenvalue weighted by molar-refractivity contribution is 5.53. The number of hydrogen-bond acceptors (Lipinski definition) is 3. The molecular formula is C14H15N3O. The van der Waals surface area contributed by atoms with Gasteiger partial charge >= 0.3 is 0 Å². The third-order valence-electron chi connectivity index (χ3n) is 3.07. The first kappa shape index (κ1) is 11.0. The lowest BCUT2D eigenvalue weighted by atomic mass is 10.2. The van der Waals surface area contributed by atoms with E-state index in [-0.39, 0.29) is 0 Å². The van der Waals surface area contributed by atoms with Gasteiger partial charge in [0, 0.05) is 25.6 Å². The molecule has 0 spiro atoms. The number of hydrogen-bond donors (Lipinski definition) is 1. The number of nitrogens with two attached hydrogens (primary N) is 1. The molecule has 4 nitrogen and oxygen atoms in total. The molecule has 3 aromatic heterocycles. The fourth-order valence-corrected chi connectivity index (χ4v) is 2.19. The summed E-state index contributed by atoms with van der Waals surface area (Å²) >= 11 is 0. The van der Waals surface area contributed by atoms with Gasteiger partial charge in [-0.15, -0.1) is 0 Å². The second-order valence-corrected chi connectivity index (χ2v) is 4.21. The predicted octanol–water partition coefficient (Wildman–Crippen LogP) is 2.17. The Labute approximate surface area is 105 Å². The largest absolute Gasteiger partial charge is 0.469 e. The lowest BCUT2D eigenvalue weighted by Crippen LogP contribution is -1.98. The maximum Gasteiger partial charge on any atom is 0.114 e. The molecule has 3 aromatic rings. The van der Waals surface area contributed by atoms with Gasteiger partial charge in [-0.1, -0.05) is 6.07 Å². The summed E-state index contributed by atoms with van der Waals surface area (Å²) in [5.41, 5.74) is 7.77. The van der Waals surface area contributed by atoms with E-state index in [2.05, 4.69) is 9.38 Å². The van der Waals surface area contributed by atoms with Crippen LogP contribution >= 0.6 is 0 Å². The van der Waals surface area contributed by atoms with Gasteiger partial charge in [0.1, 0.15) is 11.6 Å². The van der Waals surface area contributed by atoms with E-state index in [0.717, 1.165) is 35.6 Å². The number of imidazole rings is 1. The summed E-state index contributed by atoms with van der Waals surface area (Å²) in [6.07, 6.45) is 5.42. The Kier molecular flexibility index (Phi) is 2.86. The Hall–Kier alpha value is -2.07. The smallest absolute Gasteiger partial charge is 0.114 e. The van der Waals surface area contributed by atoms with Crippen molar-refractivity contribution in [1.29, 1.82) is 0 Å². The molecule has 0 unspecified atom stereocenters. The summed E-state index contributed by atoms with van der Waals surface area (Å²) in [7, 11) is 0. The molecule has 0 aliphatic rings. The molecule has 0 radical (unpaired) electrons. The SMILES string of the molecule is NCc1nc(CCc2ccco2)n2ccccc12. The van der Waals surface area contributed by atoms with E-state index in [1.807, 2.05) is 36.5 Å². The highest BCUT2D eigenvalue weighted by Gasteiger charge is 2.09. The molecule has 0 fully saturated rings. The maximum absolute atomic E-state index is 5.73. The number of aryl methyl sites for hydroxylation is 2. The number of pyridine rings is 1. The molecule has 0 atom stereocenters. The number of furan rings is 1. The summed E-state index contributed by atoms with van der Waals surface area (Å²) in [6.45, 7) is 0.467. The van der Waals surface area contributed by atoms with Gasteiger partial charge in [-0.3, -0.25) is 0 Å². The fraction of sp³-hybridized carbons (Fsp3) is 0.214. The standard InChI is InChI=1S/C14H15N3O/c15-10-12-13-5-1-2-8-17(13)14(16-12)7-6-11-4-3-9-18-11/h1-5,8-9H,6-7,10,15H2. The lowest BCUT2D eigenvalue weighted by Gasteiger charge is -1.99. The summed E-state index contributed by atoms with van der Waals surface area (Å²) in [5.74, 6) is 2.01. The van der Waals surface area contributed by atoms with Crippen LogP contribution in [0.1, 0.15) is 17.3 Å². The minimum Gasteiger partial charge on any atom is -0.469 e. The average molecular weight is 241 g/mol. The minimum atomic E-state index is 0.467. The molecule has 4 heteroatoms. The molecule has 2 N–H and O–H groups in total. The normalized spacial score (nSPS) is 11.2. The molecule has 0 saturated heterocycles. The van der Waals surface area contributed by atoms with Crippen molar-refractivity contribution in [3.8, 4) is 0 Å². The summed E-state index contributed by atoms with van der Waals surface area (Å²) in [6, 6.07) is 9.95. The van der Waals surface area contributed by atoms with Crippen molar-refractivity contribution in [1.82, 2.24) is 9.38 Å². The third-order valence-corrected chi connectivity index (χ3v) is 3.07. The highest BCUT2D eigenvalue weighted by atomic mass is 16.3. The molecule has 0 aromatic carbocycles. The summed E-state index contributed by atoms with van der Waals surface area (Å²) in [4.78, 5) is 4.60. The van der Waals surface area contributed by atoms with Gasteiger partial charge in [0.2, 0.25) is 0 Å². The molecular weight excluding hydrogens is 226 g/mol. The number of fused-ring (bicyclic) bond motifs is 1. The van der Waals surface area contributed by atoms with Crippen molar-refractivity contribution in [3.05, 3.63) is 60.1 Å². The van der Waals surface area contributed by atoms with Gasteiger partial charge in [0.05, 0.1) is 17.5 Å². The molecule has 0 amide bonds. The van der Waals surface area contributed by atoms with E-state index in [1.54, 1.807) is 6.26 Å². The number of rotatable bonds is 4. The quantitative estimate of drug-likeness (QED) is 0.761. The van der Waals surface area contributed by atoms with Crippen LogP contribution in [-0.4, -0.2) is 9.38 Å². The van der Waals surface area contributed by atoms with Gasteiger partial charge in [-0.05, 0) is 24.3 Å².